The maximum Gasteiger partial charge on any atom is 0.227 e. The molecule has 0 radical (unpaired) electrons. The van der Waals surface area contributed by atoms with E-state index in [4.69, 9.17) is 0 Å². The number of aliphatic hydroxyl groups excluding tert-OH is 1. The zero-order valence-electron chi connectivity index (χ0n) is 11.2. The summed E-state index contributed by atoms with van der Waals surface area (Å²) in [7, 11) is 0. The molecule has 1 amide bonds. The number of carbonyl (C=O) groups is 1. The average molecular weight is 259 g/mol. The Balaban J connectivity index is 1.71. The summed E-state index contributed by atoms with van der Waals surface area (Å²) in [6.07, 6.45) is 6.30. The van der Waals surface area contributed by atoms with Gasteiger partial charge in [0.2, 0.25) is 5.91 Å². The topological polar surface area (TPSA) is 40.5 Å². The predicted molar refractivity (Wildman–Crippen MR) is 75.1 cm³/mol. The van der Waals surface area contributed by atoms with Crippen LogP contribution in [0.3, 0.4) is 0 Å². The summed E-state index contributed by atoms with van der Waals surface area (Å²) in [5.41, 5.74) is 2.18. The lowest BCUT2D eigenvalue weighted by molar-refractivity contribution is -0.119. The second kappa shape index (κ2) is 5.33. The van der Waals surface area contributed by atoms with Crippen molar-refractivity contribution in [1.29, 1.82) is 0 Å². The summed E-state index contributed by atoms with van der Waals surface area (Å²) >= 11 is 0. The molecule has 0 aromatic heterocycles. The average Bonchev–Trinajstić information content (AvgIpc) is 2.75. The molecular formula is C16H21NO2. The highest BCUT2D eigenvalue weighted by Crippen LogP contribution is 2.34. The minimum absolute atomic E-state index is 0.0455. The molecule has 3 heteroatoms. The van der Waals surface area contributed by atoms with Crippen molar-refractivity contribution in [3.05, 3.63) is 29.8 Å². The third-order valence-corrected chi connectivity index (χ3v) is 4.54. The summed E-state index contributed by atoms with van der Waals surface area (Å²) in [6, 6.07) is 7.94. The molecule has 19 heavy (non-hydrogen) atoms. The van der Waals surface area contributed by atoms with Crippen LogP contribution >= 0.6 is 0 Å². The lowest BCUT2D eigenvalue weighted by atomic mass is 9.82. The number of hydrogen-bond donors (Lipinski definition) is 1. The Morgan fingerprint density at radius 1 is 1.32 bits per heavy atom. The second-order valence-corrected chi connectivity index (χ2v) is 5.77. The minimum Gasteiger partial charge on any atom is -0.394 e. The van der Waals surface area contributed by atoms with Crippen molar-refractivity contribution in [1.82, 2.24) is 0 Å². The van der Waals surface area contributed by atoms with Gasteiger partial charge in [0.05, 0.1) is 12.6 Å². The SMILES string of the molecule is O=C(CCC1CCC1)N1c2ccccc2CC1CO. The monoisotopic (exact) mass is 259 g/mol. The van der Waals surface area contributed by atoms with E-state index in [1.54, 1.807) is 0 Å². The quantitative estimate of drug-likeness (QED) is 0.902. The Kier molecular flexibility index (Phi) is 3.56. The molecule has 1 aliphatic carbocycles. The lowest BCUT2D eigenvalue weighted by Gasteiger charge is -2.28. The third kappa shape index (κ3) is 2.39. The molecule has 1 unspecified atom stereocenters. The molecule has 0 spiro atoms. The third-order valence-electron chi connectivity index (χ3n) is 4.54. The highest BCUT2D eigenvalue weighted by Gasteiger charge is 2.33. The summed E-state index contributed by atoms with van der Waals surface area (Å²) in [5.74, 6) is 0.935. The van der Waals surface area contributed by atoms with Gasteiger partial charge in [0, 0.05) is 12.1 Å². The molecular weight excluding hydrogens is 238 g/mol. The first-order valence-electron chi connectivity index (χ1n) is 7.30. The number of rotatable bonds is 4. The number of benzene rings is 1. The number of fused-ring (bicyclic) bond motifs is 1. The molecule has 0 bridgehead atoms. The fourth-order valence-corrected chi connectivity index (χ4v) is 3.17. The summed E-state index contributed by atoms with van der Waals surface area (Å²) in [6.45, 7) is 0.0455. The molecule has 102 valence electrons. The van der Waals surface area contributed by atoms with Crippen LogP contribution in [-0.2, 0) is 11.2 Å². The van der Waals surface area contributed by atoms with Gasteiger partial charge in [0.25, 0.3) is 0 Å². The number of para-hydroxylation sites is 1. The van der Waals surface area contributed by atoms with E-state index in [-0.39, 0.29) is 18.6 Å². The first-order chi connectivity index (χ1) is 9.29. The van der Waals surface area contributed by atoms with Crippen LogP contribution in [-0.4, -0.2) is 23.7 Å². The van der Waals surface area contributed by atoms with Crippen molar-refractivity contribution in [2.75, 3.05) is 11.5 Å². The molecule has 2 aliphatic rings. The summed E-state index contributed by atoms with van der Waals surface area (Å²) in [5, 5.41) is 9.50. The molecule has 1 aliphatic heterocycles. The van der Waals surface area contributed by atoms with Gasteiger partial charge in [-0.05, 0) is 30.4 Å². The van der Waals surface area contributed by atoms with Crippen molar-refractivity contribution < 1.29 is 9.90 Å². The fourth-order valence-electron chi connectivity index (χ4n) is 3.17. The van der Waals surface area contributed by atoms with Gasteiger partial charge in [0.15, 0.2) is 0 Å². The molecule has 0 saturated heterocycles. The van der Waals surface area contributed by atoms with E-state index < -0.39 is 0 Å². The van der Waals surface area contributed by atoms with Crippen molar-refractivity contribution in [2.45, 2.75) is 44.6 Å². The van der Waals surface area contributed by atoms with Gasteiger partial charge in [-0.1, -0.05) is 37.5 Å². The Morgan fingerprint density at radius 2 is 2.11 bits per heavy atom. The first-order valence-corrected chi connectivity index (χ1v) is 7.30. The van der Waals surface area contributed by atoms with E-state index in [2.05, 4.69) is 6.07 Å². The summed E-state index contributed by atoms with van der Waals surface area (Å²) in [4.78, 5) is 14.3. The molecule has 1 fully saturated rings. The van der Waals surface area contributed by atoms with Crippen LogP contribution in [0.5, 0.6) is 0 Å². The highest BCUT2D eigenvalue weighted by molar-refractivity contribution is 5.96. The Labute approximate surface area is 114 Å². The Hall–Kier alpha value is -1.35. The maximum atomic E-state index is 12.4. The minimum atomic E-state index is -0.0636. The number of nitrogens with zero attached hydrogens (tertiary/aromatic N) is 1. The van der Waals surface area contributed by atoms with Gasteiger partial charge in [-0.2, -0.15) is 0 Å². The number of carbonyl (C=O) groups excluding carboxylic acids is 1. The highest BCUT2D eigenvalue weighted by atomic mass is 16.3. The van der Waals surface area contributed by atoms with E-state index in [1.807, 2.05) is 23.1 Å². The lowest BCUT2D eigenvalue weighted by Crippen LogP contribution is -2.40. The van der Waals surface area contributed by atoms with Crippen molar-refractivity contribution in [3.63, 3.8) is 0 Å². The van der Waals surface area contributed by atoms with E-state index in [1.165, 1.54) is 24.8 Å². The van der Waals surface area contributed by atoms with Crippen LogP contribution in [0.4, 0.5) is 5.69 Å². The van der Waals surface area contributed by atoms with E-state index in [0.717, 1.165) is 24.4 Å². The van der Waals surface area contributed by atoms with Crippen LogP contribution in [0.25, 0.3) is 0 Å². The van der Waals surface area contributed by atoms with Crippen LogP contribution in [0.2, 0.25) is 0 Å². The first kappa shape index (κ1) is 12.7. The fraction of sp³-hybridized carbons (Fsp3) is 0.562. The standard InChI is InChI=1S/C16H21NO2/c18-11-14-10-13-6-1-2-7-15(13)17(14)16(19)9-8-12-4-3-5-12/h1-2,6-7,12,14,18H,3-5,8-11H2. The van der Waals surface area contributed by atoms with E-state index in [0.29, 0.717) is 6.42 Å². The number of aliphatic hydroxyl groups is 1. The molecule has 3 nitrogen and oxygen atoms in total. The van der Waals surface area contributed by atoms with Gasteiger partial charge in [-0.25, -0.2) is 0 Å². The van der Waals surface area contributed by atoms with Crippen LogP contribution in [0.15, 0.2) is 24.3 Å². The predicted octanol–water partition coefficient (Wildman–Crippen LogP) is 2.52. The van der Waals surface area contributed by atoms with Gasteiger partial charge >= 0.3 is 0 Å². The van der Waals surface area contributed by atoms with E-state index in [9.17, 15) is 9.90 Å². The van der Waals surface area contributed by atoms with Crippen LogP contribution < -0.4 is 4.90 Å². The van der Waals surface area contributed by atoms with Gasteiger partial charge in [0.1, 0.15) is 0 Å². The molecule has 1 saturated carbocycles. The molecule has 3 rings (SSSR count). The summed E-state index contributed by atoms with van der Waals surface area (Å²) < 4.78 is 0. The van der Waals surface area contributed by atoms with Gasteiger partial charge in [-0.15, -0.1) is 0 Å². The van der Waals surface area contributed by atoms with Crippen molar-refractivity contribution in [3.8, 4) is 0 Å². The van der Waals surface area contributed by atoms with E-state index >= 15 is 0 Å². The smallest absolute Gasteiger partial charge is 0.227 e. The Morgan fingerprint density at radius 3 is 2.79 bits per heavy atom. The molecule has 1 N–H and O–H groups in total. The van der Waals surface area contributed by atoms with Gasteiger partial charge in [-0.3, -0.25) is 4.79 Å². The van der Waals surface area contributed by atoms with Crippen molar-refractivity contribution in [2.24, 2.45) is 5.92 Å². The zero-order chi connectivity index (χ0) is 13.2. The maximum absolute atomic E-state index is 12.4. The molecule has 1 heterocycles. The molecule has 1 aromatic rings. The zero-order valence-corrected chi connectivity index (χ0v) is 11.2. The largest absolute Gasteiger partial charge is 0.394 e. The Bertz CT molecular complexity index is 468. The van der Waals surface area contributed by atoms with Gasteiger partial charge < -0.3 is 10.0 Å². The number of hydrogen-bond acceptors (Lipinski definition) is 2. The number of anilines is 1. The number of amides is 1. The molecule has 1 atom stereocenters. The van der Waals surface area contributed by atoms with Crippen molar-refractivity contribution >= 4 is 11.6 Å². The van der Waals surface area contributed by atoms with Crippen LogP contribution in [0.1, 0.15) is 37.7 Å². The molecule has 1 aromatic carbocycles. The normalized spacial score (nSPS) is 22.2. The second-order valence-electron chi connectivity index (χ2n) is 5.77. The van der Waals surface area contributed by atoms with Crippen LogP contribution in [0, 0.1) is 5.92 Å².